The number of sulfone groups is 1. The molecule has 0 fully saturated rings. The Bertz CT molecular complexity index is 824. The molecule has 10 heteroatoms. The van der Waals surface area contributed by atoms with E-state index < -0.39 is 26.2 Å². The van der Waals surface area contributed by atoms with Crippen molar-refractivity contribution in [3.8, 4) is 0 Å². The summed E-state index contributed by atoms with van der Waals surface area (Å²) in [5.41, 5.74) is -5.31. The first kappa shape index (κ1) is 15.3. The number of hydrogen-bond acceptors (Lipinski definition) is 4. The lowest BCUT2D eigenvalue weighted by atomic mass is 10.3. The Balaban J connectivity index is 2.72. The number of nitrogens with zero attached hydrogens (tertiary/aromatic N) is 2. The van der Waals surface area contributed by atoms with E-state index >= 15 is 0 Å². The minimum absolute atomic E-state index is 0.125. The van der Waals surface area contributed by atoms with Gasteiger partial charge in [-0.15, -0.1) is 0 Å². The maximum absolute atomic E-state index is 12.5. The van der Waals surface area contributed by atoms with Gasteiger partial charge in [-0.3, -0.25) is 0 Å². The van der Waals surface area contributed by atoms with Gasteiger partial charge in [-0.1, -0.05) is 0 Å². The van der Waals surface area contributed by atoms with Crippen molar-refractivity contribution in [3.05, 3.63) is 24.0 Å². The highest BCUT2D eigenvalue weighted by Crippen LogP contribution is 2.31. The third kappa shape index (κ3) is 2.35. The molecule has 1 aromatic carbocycles. The van der Waals surface area contributed by atoms with Gasteiger partial charge in [0.2, 0.25) is 5.82 Å². The molecule has 0 saturated heterocycles. The molecule has 2 rings (SSSR count). The molecule has 0 bridgehead atoms. The van der Waals surface area contributed by atoms with Crippen LogP contribution in [0, 0.1) is 0 Å². The lowest BCUT2D eigenvalue weighted by molar-refractivity contribution is -0.0436. The van der Waals surface area contributed by atoms with Gasteiger partial charge in [0, 0.05) is 6.54 Å². The highest BCUT2D eigenvalue weighted by atomic mass is 32.2. The fourth-order valence-electron chi connectivity index (χ4n) is 1.89. The summed E-state index contributed by atoms with van der Waals surface area (Å²) in [7, 11) is -5.50. The number of halogens is 3. The average molecular weight is 322 g/mol. The number of aromatic carboxylic acids is 1. The quantitative estimate of drug-likeness (QED) is 0.934. The van der Waals surface area contributed by atoms with E-state index in [1.165, 1.54) is 4.57 Å². The molecular weight excluding hydrogens is 313 g/mol. The van der Waals surface area contributed by atoms with Gasteiger partial charge in [-0.2, -0.15) is 13.2 Å². The van der Waals surface area contributed by atoms with Gasteiger partial charge in [-0.25, -0.2) is 18.2 Å². The van der Waals surface area contributed by atoms with Crippen molar-refractivity contribution in [3.63, 3.8) is 0 Å². The lowest BCUT2D eigenvalue weighted by Gasteiger charge is -2.08. The Labute approximate surface area is 116 Å². The second kappa shape index (κ2) is 4.72. The molecule has 0 aliphatic heterocycles. The molecule has 0 atom stereocenters. The maximum Gasteiger partial charge on any atom is 0.501 e. The minimum Gasteiger partial charge on any atom is -0.475 e. The maximum atomic E-state index is 12.5. The molecule has 0 amide bonds. The Morgan fingerprint density at radius 2 is 2.00 bits per heavy atom. The molecule has 0 aliphatic carbocycles. The smallest absolute Gasteiger partial charge is 0.475 e. The van der Waals surface area contributed by atoms with Crippen molar-refractivity contribution >= 4 is 26.8 Å². The summed E-state index contributed by atoms with van der Waals surface area (Å²) in [6.07, 6.45) is 0. The van der Waals surface area contributed by atoms with Crippen LogP contribution in [0.25, 0.3) is 11.0 Å². The van der Waals surface area contributed by atoms with Crippen molar-refractivity contribution in [2.24, 2.45) is 0 Å². The van der Waals surface area contributed by atoms with E-state index in [1.54, 1.807) is 6.92 Å². The summed E-state index contributed by atoms with van der Waals surface area (Å²) >= 11 is 0. The number of aromatic nitrogens is 2. The van der Waals surface area contributed by atoms with Crippen LogP contribution in [0.15, 0.2) is 23.1 Å². The van der Waals surface area contributed by atoms with E-state index in [-0.39, 0.29) is 23.4 Å². The zero-order valence-electron chi connectivity index (χ0n) is 10.5. The van der Waals surface area contributed by atoms with Gasteiger partial charge in [0.05, 0.1) is 15.9 Å². The van der Waals surface area contributed by atoms with Crippen LogP contribution >= 0.6 is 0 Å². The number of rotatable bonds is 3. The second-order valence-corrected chi connectivity index (χ2v) is 6.03. The molecule has 1 N–H and O–H groups in total. The normalized spacial score (nSPS) is 12.8. The number of carbonyl (C=O) groups is 1. The van der Waals surface area contributed by atoms with Crippen molar-refractivity contribution in [2.75, 3.05) is 0 Å². The van der Waals surface area contributed by atoms with Crippen LogP contribution in [0.1, 0.15) is 17.5 Å². The molecule has 1 aromatic heterocycles. The first-order chi connectivity index (χ1) is 9.59. The number of aryl methyl sites for hydroxylation is 1. The molecule has 0 radical (unpaired) electrons. The molecule has 0 saturated carbocycles. The molecule has 6 nitrogen and oxygen atoms in total. The SMILES string of the molecule is CCn1c(C(=O)O)nc2cc(S(=O)(=O)C(F)(F)F)ccc21. The minimum atomic E-state index is -5.50. The van der Waals surface area contributed by atoms with Crippen LogP contribution in [-0.4, -0.2) is 34.6 Å². The van der Waals surface area contributed by atoms with Crippen LogP contribution in [0.3, 0.4) is 0 Å². The zero-order chi connectivity index (χ0) is 16.0. The third-order valence-electron chi connectivity index (χ3n) is 2.84. The summed E-state index contributed by atoms with van der Waals surface area (Å²) in [6.45, 7) is 1.86. The van der Waals surface area contributed by atoms with E-state index in [1.807, 2.05) is 0 Å². The van der Waals surface area contributed by atoms with E-state index in [2.05, 4.69) is 4.98 Å². The van der Waals surface area contributed by atoms with Crippen LogP contribution < -0.4 is 0 Å². The molecule has 21 heavy (non-hydrogen) atoms. The third-order valence-corrected chi connectivity index (χ3v) is 4.33. The molecular formula is C11H9F3N2O4S. The molecule has 0 spiro atoms. The van der Waals surface area contributed by atoms with Crippen molar-refractivity contribution in [1.29, 1.82) is 0 Å². The first-order valence-corrected chi connectivity index (χ1v) is 7.13. The lowest BCUT2D eigenvalue weighted by Crippen LogP contribution is -2.23. The van der Waals surface area contributed by atoms with Crippen molar-refractivity contribution in [2.45, 2.75) is 23.9 Å². The van der Waals surface area contributed by atoms with E-state index in [4.69, 9.17) is 5.11 Å². The predicted octanol–water partition coefficient (Wildman–Crippen LogP) is 2.05. The summed E-state index contributed by atoms with van der Waals surface area (Å²) in [5.74, 6) is -1.72. The van der Waals surface area contributed by atoms with Crippen LogP contribution in [-0.2, 0) is 16.4 Å². The Morgan fingerprint density at radius 1 is 1.38 bits per heavy atom. The summed E-state index contributed by atoms with van der Waals surface area (Å²) in [6, 6.07) is 2.61. The molecule has 2 aromatic rings. The van der Waals surface area contributed by atoms with E-state index in [0.717, 1.165) is 18.2 Å². The Kier molecular flexibility index (Phi) is 3.44. The van der Waals surface area contributed by atoms with Gasteiger partial charge >= 0.3 is 11.5 Å². The predicted molar refractivity (Wildman–Crippen MR) is 65.6 cm³/mol. The monoisotopic (exact) mass is 322 g/mol. The number of benzene rings is 1. The summed E-state index contributed by atoms with van der Waals surface area (Å²) < 4.78 is 61.4. The molecule has 0 unspecified atom stereocenters. The highest BCUT2D eigenvalue weighted by molar-refractivity contribution is 7.92. The van der Waals surface area contributed by atoms with Crippen LogP contribution in [0.4, 0.5) is 13.2 Å². The number of hydrogen-bond donors (Lipinski definition) is 1. The fraction of sp³-hybridized carbons (Fsp3) is 0.273. The first-order valence-electron chi connectivity index (χ1n) is 5.64. The molecule has 114 valence electrons. The fourth-order valence-corrected chi connectivity index (χ4v) is 2.67. The van der Waals surface area contributed by atoms with Gasteiger partial charge in [0.1, 0.15) is 0 Å². The topological polar surface area (TPSA) is 89.3 Å². The van der Waals surface area contributed by atoms with Gasteiger partial charge in [0.25, 0.3) is 9.84 Å². The summed E-state index contributed by atoms with van der Waals surface area (Å²) in [4.78, 5) is 13.7. The van der Waals surface area contributed by atoms with E-state index in [0.29, 0.717) is 0 Å². The number of carboxylic acid groups (broad SMARTS) is 1. The van der Waals surface area contributed by atoms with Gasteiger partial charge < -0.3 is 9.67 Å². The zero-order valence-corrected chi connectivity index (χ0v) is 11.4. The van der Waals surface area contributed by atoms with Crippen molar-refractivity contribution in [1.82, 2.24) is 9.55 Å². The molecule has 1 heterocycles. The van der Waals surface area contributed by atoms with Gasteiger partial charge in [0.15, 0.2) is 0 Å². The van der Waals surface area contributed by atoms with Gasteiger partial charge in [-0.05, 0) is 25.1 Å². The van der Waals surface area contributed by atoms with Crippen LogP contribution in [0.2, 0.25) is 0 Å². The van der Waals surface area contributed by atoms with E-state index in [9.17, 15) is 26.4 Å². The second-order valence-electron chi connectivity index (χ2n) is 4.08. The molecule has 0 aliphatic rings. The number of imidazole rings is 1. The average Bonchev–Trinajstić information content (AvgIpc) is 2.74. The number of fused-ring (bicyclic) bond motifs is 1. The Hall–Kier alpha value is -2.10. The number of alkyl halides is 3. The van der Waals surface area contributed by atoms with Crippen LogP contribution in [0.5, 0.6) is 0 Å². The summed E-state index contributed by atoms with van der Waals surface area (Å²) in [5, 5.41) is 8.97. The largest absolute Gasteiger partial charge is 0.501 e. The Morgan fingerprint density at radius 3 is 2.48 bits per heavy atom. The number of carboxylic acids is 1. The highest BCUT2D eigenvalue weighted by Gasteiger charge is 2.47. The van der Waals surface area contributed by atoms with Crippen molar-refractivity contribution < 1.29 is 31.5 Å². The standard InChI is InChI=1S/C11H9F3N2O4S/c1-2-16-8-4-3-6(21(19,20)11(12,13)14)5-7(8)15-9(16)10(17)18/h3-5H,2H2,1H3,(H,17,18).